The number of aliphatic imine (C=N–C) groups is 1. The van der Waals surface area contributed by atoms with Crippen molar-refractivity contribution in [2.75, 3.05) is 31.5 Å². The van der Waals surface area contributed by atoms with Crippen LogP contribution in [0.3, 0.4) is 0 Å². The zero-order chi connectivity index (χ0) is 26.5. The molecule has 1 aliphatic carbocycles. The van der Waals surface area contributed by atoms with Gasteiger partial charge >= 0.3 is 6.09 Å². The number of alkyl halides is 1. The van der Waals surface area contributed by atoms with Crippen molar-refractivity contribution >= 4 is 58.8 Å². The number of ether oxygens (including phenoxy) is 2. The van der Waals surface area contributed by atoms with Crippen molar-refractivity contribution in [2.24, 2.45) is 16.8 Å². The zero-order valence-corrected chi connectivity index (χ0v) is 25.9. The van der Waals surface area contributed by atoms with Gasteiger partial charge in [-0.25, -0.2) is 23.5 Å². The fourth-order valence-corrected chi connectivity index (χ4v) is 9.86. The molecule has 1 saturated carbocycles. The first-order chi connectivity index (χ1) is 16.7. The second kappa shape index (κ2) is 10.2. The Hall–Kier alpha value is -0.623. The van der Waals surface area contributed by atoms with Gasteiger partial charge in [-0.1, -0.05) is 47.3 Å². The van der Waals surface area contributed by atoms with Crippen LogP contribution in [0.2, 0.25) is 25.7 Å². The highest BCUT2D eigenvalue weighted by Gasteiger charge is 2.77. The number of thioether (sulfide) groups is 2. The molecule has 1 aromatic carbocycles. The van der Waals surface area contributed by atoms with Crippen molar-refractivity contribution in [2.45, 2.75) is 62.3 Å². The molecule has 36 heavy (non-hydrogen) atoms. The van der Waals surface area contributed by atoms with Crippen LogP contribution in [-0.2, 0) is 15.0 Å². The number of amidine groups is 1. The zero-order valence-electron chi connectivity index (χ0n) is 21.7. The quantitative estimate of drug-likeness (QED) is 0.184. The molecule has 4 atom stereocenters. The number of rotatable bonds is 7. The number of hydrogen-bond donors (Lipinski definition) is 0. The molecule has 2 heterocycles. The number of nitrogens with zero attached hydrogens (tertiary/aromatic N) is 2. The van der Waals surface area contributed by atoms with E-state index in [9.17, 15) is 4.79 Å². The van der Waals surface area contributed by atoms with Crippen LogP contribution >= 0.6 is 39.5 Å². The minimum atomic E-state index is -1.40. The number of halogens is 3. The molecule has 0 unspecified atom stereocenters. The van der Waals surface area contributed by atoms with Gasteiger partial charge in [-0.3, -0.25) is 0 Å². The van der Waals surface area contributed by atoms with E-state index in [2.05, 4.69) is 35.6 Å². The minimum absolute atomic E-state index is 0.0485. The van der Waals surface area contributed by atoms with Gasteiger partial charge in [-0.05, 0) is 56.7 Å². The summed E-state index contributed by atoms with van der Waals surface area (Å²) < 4.78 is 42.4. The third-order valence-corrected chi connectivity index (χ3v) is 12.1. The summed E-state index contributed by atoms with van der Waals surface area (Å²) in [5.74, 6) is 1.24. The Morgan fingerprint density at radius 3 is 2.69 bits per heavy atom. The molecule has 200 valence electrons. The number of carbonyl (C=O) groups excluding carboxylic acids is 1. The number of amides is 1. The maximum absolute atomic E-state index is 15.2. The van der Waals surface area contributed by atoms with Gasteiger partial charge in [0.2, 0.25) is 0 Å². The maximum atomic E-state index is 15.2. The predicted octanol–water partition coefficient (Wildman–Crippen LogP) is 7.14. The van der Waals surface area contributed by atoms with Crippen molar-refractivity contribution in [1.82, 2.24) is 4.90 Å². The summed E-state index contributed by atoms with van der Waals surface area (Å²) in [5, 5.41) is 0.343. The first kappa shape index (κ1) is 28.4. The summed E-state index contributed by atoms with van der Waals surface area (Å²) in [5.41, 5.74) is -1.91. The van der Waals surface area contributed by atoms with Crippen LogP contribution in [-0.4, -0.2) is 66.1 Å². The van der Waals surface area contributed by atoms with E-state index in [0.717, 1.165) is 17.5 Å². The van der Waals surface area contributed by atoms with E-state index in [1.165, 1.54) is 22.7 Å². The Kier molecular flexibility index (Phi) is 8.02. The number of hydrogen-bond acceptors (Lipinski definition) is 6. The topological polar surface area (TPSA) is 51.1 Å². The Balaban J connectivity index is 1.74. The van der Waals surface area contributed by atoms with Crippen molar-refractivity contribution in [1.29, 1.82) is 0 Å². The monoisotopic (exact) mass is 620 g/mol. The summed E-state index contributed by atoms with van der Waals surface area (Å²) >= 11 is 6.74. The molecule has 2 aliphatic heterocycles. The molecule has 1 amide bonds. The van der Waals surface area contributed by atoms with Gasteiger partial charge in [0, 0.05) is 41.1 Å². The second-order valence-corrected chi connectivity index (χ2v) is 20.9. The Labute approximate surface area is 230 Å². The molecule has 3 aliphatic rings. The standard InChI is InChI=1S/C25H35BrF2N2O3S2Si/c1-23(2,3)33-22(31)30(15-32-9-10-36(4,5)6)21-29-24(13-27,17-11-16(26)7-8-19(17)28)20-18-12-34-14-25(18,20)35-21/h7-8,11,18,20H,9-10,12-15H2,1-6H3/t18-,20+,24-,25+/m1/s1. The van der Waals surface area contributed by atoms with E-state index in [1.54, 1.807) is 32.9 Å². The lowest BCUT2D eigenvalue weighted by Crippen LogP contribution is -2.47. The van der Waals surface area contributed by atoms with Gasteiger partial charge in [0.15, 0.2) is 5.17 Å². The summed E-state index contributed by atoms with van der Waals surface area (Å²) in [6, 6.07) is 5.52. The highest BCUT2D eigenvalue weighted by atomic mass is 79.9. The predicted molar refractivity (Wildman–Crippen MR) is 151 cm³/mol. The van der Waals surface area contributed by atoms with E-state index in [4.69, 9.17) is 14.5 Å². The molecule has 11 heteroatoms. The van der Waals surface area contributed by atoms with Crippen LogP contribution < -0.4 is 0 Å². The lowest BCUT2D eigenvalue weighted by Gasteiger charge is -2.38. The van der Waals surface area contributed by atoms with Crippen molar-refractivity contribution in [3.8, 4) is 0 Å². The van der Waals surface area contributed by atoms with E-state index < -0.39 is 37.8 Å². The molecule has 0 bridgehead atoms. The molecule has 5 nitrogen and oxygen atoms in total. The van der Waals surface area contributed by atoms with E-state index in [0.29, 0.717) is 16.2 Å². The SMILES string of the molecule is CC(C)(C)OC(=O)N(COCC[Si](C)(C)C)C1=N[C@](CF)(c2cc(Br)ccc2F)[C@@H]2[C@H]3CSC[C@]32S1. The summed E-state index contributed by atoms with van der Waals surface area (Å²) in [4.78, 5) is 19.6. The highest BCUT2D eigenvalue weighted by molar-refractivity contribution is 9.10. The van der Waals surface area contributed by atoms with Crippen LogP contribution in [0.25, 0.3) is 0 Å². The summed E-state index contributed by atoms with van der Waals surface area (Å²) in [7, 11) is -1.34. The fourth-order valence-electron chi connectivity index (χ4n) is 5.01. The maximum Gasteiger partial charge on any atom is 0.418 e. The highest BCUT2D eigenvalue weighted by Crippen LogP contribution is 2.75. The molecular formula is C25H35BrF2N2O3S2Si. The first-order valence-corrected chi connectivity index (χ1v) is 18.7. The third kappa shape index (κ3) is 5.55. The van der Waals surface area contributed by atoms with E-state index in [1.807, 2.05) is 11.8 Å². The average molecular weight is 622 g/mol. The Morgan fingerprint density at radius 1 is 1.33 bits per heavy atom. The summed E-state index contributed by atoms with van der Waals surface area (Å²) in [6.07, 6.45) is -0.595. The van der Waals surface area contributed by atoms with Gasteiger partial charge in [0.25, 0.3) is 0 Å². The van der Waals surface area contributed by atoms with Crippen LogP contribution in [0.5, 0.6) is 0 Å². The van der Waals surface area contributed by atoms with Gasteiger partial charge in [-0.15, -0.1) is 0 Å². The molecular weight excluding hydrogens is 586 g/mol. The molecule has 0 aromatic heterocycles. The van der Waals surface area contributed by atoms with E-state index >= 15 is 8.78 Å². The molecule has 2 fully saturated rings. The molecule has 0 N–H and O–H groups in total. The Bertz CT molecular complexity index is 1050. The van der Waals surface area contributed by atoms with Crippen LogP contribution in [0.1, 0.15) is 26.3 Å². The first-order valence-electron chi connectivity index (χ1n) is 12.2. The van der Waals surface area contributed by atoms with Gasteiger partial charge in [-0.2, -0.15) is 11.8 Å². The third-order valence-electron chi connectivity index (χ3n) is 6.82. The molecule has 1 spiro atoms. The van der Waals surface area contributed by atoms with Crippen LogP contribution in [0, 0.1) is 17.7 Å². The minimum Gasteiger partial charge on any atom is -0.443 e. The number of fused-ring (bicyclic) bond motifs is 1. The Morgan fingerprint density at radius 2 is 2.06 bits per heavy atom. The van der Waals surface area contributed by atoms with Crippen LogP contribution in [0.4, 0.5) is 13.6 Å². The van der Waals surface area contributed by atoms with Crippen LogP contribution in [0.15, 0.2) is 27.7 Å². The smallest absolute Gasteiger partial charge is 0.418 e. The number of carbonyl (C=O) groups is 1. The van der Waals surface area contributed by atoms with Crippen molar-refractivity contribution in [3.63, 3.8) is 0 Å². The van der Waals surface area contributed by atoms with E-state index in [-0.39, 0.29) is 28.9 Å². The molecule has 1 aromatic rings. The van der Waals surface area contributed by atoms with Gasteiger partial charge in [0.05, 0.1) is 0 Å². The van der Waals surface area contributed by atoms with Gasteiger partial charge < -0.3 is 9.47 Å². The van der Waals surface area contributed by atoms with Crippen molar-refractivity contribution in [3.05, 3.63) is 34.1 Å². The lowest BCUT2D eigenvalue weighted by molar-refractivity contribution is 0.0109. The molecule has 1 saturated heterocycles. The molecule has 0 radical (unpaired) electrons. The number of benzene rings is 1. The largest absolute Gasteiger partial charge is 0.443 e. The second-order valence-electron chi connectivity index (χ2n) is 12.0. The lowest BCUT2D eigenvalue weighted by atomic mass is 9.84. The molecule has 4 rings (SSSR count). The normalized spacial score (nSPS) is 29.3. The van der Waals surface area contributed by atoms with Crippen molar-refractivity contribution < 1.29 is 23.0 Å². The van der Waals surface area contributed by atoms with Gasteiger partial charge in [0.1, 0.15) is 30.4 Å². The average Bonchev–Trinajstić information content (AvgIpc) is 3.22. The summed E-state index contributed by atoms with van der Waals surface area (Å²) in [6.45, 7) is 11.8. The fraction of sp³-hybridized carbons (Fsp3) is 0.680.